The highest BCUT2D eigenvalue weighted by molar-refractivity contribution is 9.10. The molecule has 6 bridgehead atoms. The van der Waals surface area contributed by atoms with Gasteiger partial charge in [0.05, 0.1) is 0 Å². The predicted octanol–water partition coefficient (Wildman–Crippen LogP) is 11.8. The monoisotopic (exact) mass is 656 g/mol. The normalized spacial score (nSPS) is 24.9. The van der Waals surface area contributed by atoms with Gasteiger partial charge in [0.15, 0.2) is 0 Å². The van der Waals surface area contributed by atoms with Crippen LogP contribution in [0, 0.1) is 0 Å². The second-order valence-electron chi connectivity index (χ2n) is 13.3. The molecule has 0 radical (unpaired) electrons. The van der Waals surface area contributed by atoms with Gasteiger partial charge in [-0.3, -0.25) is 0 Å². The molecule has 4 atom stereocenters. The van der Waals surface area contributed by atoms with Crippen LogP contribution in [0.3, 0.4) is 0 Å². The quantitative estimate of drug-likeness (QED) is 0.174. The smallest absolute Gasteiger partial charge is 0.0257 e. The zero-order valence-electron chi connectivity index (χ0n) is 22.9. The number of rotatable bonds is 2. The highest BCUT2D eigenvalue weighted by Crippen LogP contribution is 2.58. The standard InChI is InChI=1S/C39H30Br2/c40-36-18-34(30-5-1-3-24-20-7-9-22(15-20)38(24)30)26-11-13-29-33-17-32(26)28(36)14-12-27(33)35(19-37(29)41)31-6-2-4-25-21-8-10-23(16-21)39(25)31/h1-6,11-14,18-23H,7-10,15-17H2. The summed E-state index contributed by atoms with van der Waals surface area (Å²) in [4.78, 5) is 0. The van der Waals surface area contributed by atoms with Crippen LogP contribution in [0.1, 0.15) is 118 Å². The average Bonchev–Trinajstić information content (AvgIpc) is 3.76. The molecular weight excluding hydrogens is 628 g/mol. The summed E-state index contributed by atoms with van der Waals surface area (Å²) in [6.45, 7) is 0. The molecule has 200 valence electrons. The van der Waals surface area contributed by atoms with Gasteiger partial charge in [-0.25, -0.2) is 0 Å². The first-order valence-corrected chi connectivity index (χ1v) is 17.1. The number of halogens is 2. The Morgan fingerprint density at radius 2 is 0.927 bits per heavy atom. The Bertz CT molecular complexity index is 1780. The van der Waals surface area contributed by atoms with Crippen molar-refractivity contribution in [2.75, 3.05) is 0 Å². The molecule has 0 nitrogen and oxygen atoms in total. The van der Waals surface area contributed by atoms with Crippen molar-refractivity contribution in [2.45, 2.75) is 68.6 Å². The van der Waals surface area contributed by atoms with Gasteiger partial charge >= 0.3 is 0 Å². The van der Waals surface area contributed by atoms with Crippen molar-refractivity contribution in [1.29, 1.82) is 0 Å². The molecule has 6 aliphatic carbocycles. The van der Waals surface area contributed by atoms with Crippen molar-refractivity contribution >= 4 is 56.2 Å². The molecule has 4 aromatic carbocycles. The molecule has 0 aromatic heterocycles. The van der Waals surface area contributed by atoms with Gasteiger partial charge < -0.3 is 0 Å². The summed E-state index contributed by atoms with van der Waals surface area (Å²) in [6, 6.07) is 19.1. The van der Waals surface area contributed by atoms with Crippen LogP contribution >= 0.6 is 31.9 Å². The third-order valence-corrected chi connectivity index (χ3v) is 12.9. The first-order chi connectivity index (χ1) is 20.1. The van der Waals surface area contributed by atoms with Crippen LogP contribution in [0.15, 0.2) is 57.5 Å². The Morgan fingerprint density at radius 1 is 0.488 bits per heavy atom. The second-order valence-corrected chi connectivity index (χ2v) is 15.0. The van der Waals surface area contributed by atoms with Gasteiger partial charge in [0.2, 0.25) is 0 Å². The second kappa shape index (κ2) is 8.45. The first kappa shape index (κ1) is 23.8. The fraction of sp³-hybridized carbons (Fsp3) is 0.282. The van der Waals surface area contributed by atoms with Gasteiger partial charge in [-0.05, 0) is 159 Å². The Kier molecular flexibility index (Phi) is 4.91. The maximum absolute atomic E-state index is 4.07. The summed E-state index contributed by atoms with van der Waals surface area (Å²) < 4.78 is 2.43. The van der Waals surface area contributed by atoms with E-state index in [1.165, 1.54) is 103 Å². The van der Waals surface area contributed by atoms with Crippen molar-refractivity contribution in [3.8, 4) is 22.3 Å². The number of hydrogen-bond acceptors (Lipinski definition) is 0. The minimum Gasteiger partial charge on any atom is -0.0613 e. The maximum atomic E-state index is 4.07. The van der Waals surface area contributed by atoms with E-state index >= 15 is 0 Å². The number of hydrogen-bond donors (Lipinski definition) is 0. The summed E-state index contributed by atoms with van der Waals surface area (Å²) in [6.07, 6.45) is 18.7. The average molecular weight is 658 g/mol. The van der Waals surface area contributed by atoms with E-state index in [9.17, 15) is 0 Å². The lowest BCUT2D eigenvalue weighted by Crippen LogP contribution is -2.04. The van der Waals surface area contributed by atoms with Crippen molar-refractivity contribution in [1.82, 2.24) is 0 Å². The summed E-state index contributed by atoms with van der Waals surface area (Å²) in [5.74, 6) is 3.00. The fourth-order valence-electron chi connectivity index (χ4n) is 9.86. The molecule has 2 fully saturated rings. The molecule has 0 amide bonds. The van der Waals surface area contributed by atoms with Crippen molar-refractivity contribution < 1.29 is 0 Å². The van der Waals surface area contributed by atoms with E-state index in [0.717, 1.165) is 30.1 Å². The van der Waals surface area contributed by atoms with E-state index < -0.39 is 0 Å². The molecule has 41 heavy (non-hydrogen) atoms. The summed E-state index contributed by atoms with van der Waals surface area (Å²) in [7, 11) is 0. The highest BCUT2D eigenvalue weighted by Gasteiger charge is 2.40. The maximum Gasteiger partial charge on any atom is 0.0257 e. The van der Waals surface area contributed by atoms with Crippen molar-refractivity contribution in [3.05, 3.63) is 113 Å². The molecule has 6 aliphatic rings. The molecule has 2 saturated carbocycles. The lowest BCUT2D eigenvalue weighted by molar-refractivity contribution is 0.718. The summed E-state index contributed by atoms with van der Waals surface area (Å²) in [5, 5.41) is 0. The van der Waals surface area contributed by atoms with Gasteiger partial charge in [0.1, 0.15) is 0 Å². The summed E-state index contributed by atoms with van der Waals surface area (Å²) in [5.41, 5.74) is 20.7. The third kappa shape index (κ3) is 3.16. The molecule has 0 saturated heterocycles. The van der Waals surface area contributed by atoms with Crippen LogP contribution < -0.4 is 0 Å². The Labute approximate surface area is 258 Å². The zero-order chi connectivity index (χ0) is 27.0. The van der Waals surface area contributed by atoms with Gasteiger partial charge in [-0.2, -0.15) is 0 Å². The van der Waals surface area contributed by atoms with Crippen LogP contribution in [0.25, 0.3) is 46.6 Å². The van der Waals surface area contributed by atoms with Gasteiger partial charge in [0.25, 0.3) is 0 Å². The van der Waals surface area contributed by atoms with E-state index in [2.05, 4.69) is 105 Å². The highest BCUT2D eigenvalue weighted by atomic mass is 79.9. The SMILES string of the molecule is Brc1cc(-c2cccc3c2C2CCC3C2)c2c3c1C=Cc1c(-c4cccc5c4C4CCC5C4)cc(Br)c(c1C3)C=C2. The van der Waals surface area contributed by atoms with Crippen molar-refractivity contribution in [2.24, 2.45) is 0 Å². The van der Waals surface area contributed by atoms with Gasteiger partial charge in [-0.1, -0.05) is 92.6 Å². The molecule has 4 unspecified atom stereocenters. The minimum atomic E-state index is 0.731. The topological polar surface area (TPSA) is 0 Å². The van der Waals surface area contributed by atoms with Crippen LogP contribution in [0.2, 0.25) is 0 Å². The van der Waals surface area contributed by atoms with E-state index in [4.69, 9.17) is 0 Å². The largest absolute Gasteiger partial charge is 0.0613 e. The Hall–Kier alpha value is -2.68. The lowest BCUT2D eigenvalue weighted by Gasteiger charge is -2.23. The van der Waals surface area contributed by atoms with E-state index in [-0.39, 0.29) is 0 Å². The van der Waals surface area contributed by atoms with Crippen LogP contribution in [-0.2, 0) is 6.42 Å². The molecule has 10 rings (SSSR count). The van der Waals surface area contributed by atoms with E-state index in [1.807, 2.05) is 0 Å². The van der Waals surface area contributed by atoms with E-state index in [0.29, 0.717) is 0 Å². The lowest BCUT2D eigenvalue weighted by atomic mass is 9.82. The molecule has 4 aromatic rings. The minimum absolute atomic E-state index is 0.731. The molecule has 0 spiro atoms. The Morgan fingerprint density at radius 3 is 1.41 bits per heavy atom. The molecular formula is C39H30Br2. The van der Waals surface area contributed by atoms with Gasteiger partial charge in [0, 0.05) is 8.95 Å². The number of fused-ring (bicyclic) bond motifs is 10. The number of benzene rings is 4. The van der Waals surface area contributed by atoms with Crippen LogP contribution in [0.5, 0.6) is 0 Å². The molecule has 2 heteroatoms. The van der Waals surface area contributed by atoms with Crippen LogP contribution in [-0.4, -0.2) is 0 Å². The molecule has 0 aliphatic heterocycles. The molecule has 0 N–H and O–H groups in total. The van der Waals surface area contributed by atoms with Crippen LogP contribution in [0.4, 0.5) is 0 Å². The molecule has 0 heterocycles. The predicted molar refractivity (Wildman–Crippen MR) is 178 cm³/mol. The first-order valence-electron chi connectivity index (χ1n) is 15.5. The fourth-order valence-corrected chi connectivity index (χ4v) is 11.1. The Balaban J connectivity index is 1.20. The third-order valence-electron chi connectivity index (χ3n) is 11.5. The van der Waals surface area contributed by atoms with Crippen molar-refractivity contribution in [3.63, 3.8) is 0 Å². The van der Waals surface area contributed by atoms with Gasteiger partial charge in [-0.15, -0.1) is 0 Å². The zero-order valence-corrected chi connectivity index (χ0v) is 26.1. The van der Waals surface area contributed by atoms with E-state index in [1.54, 1.807) is 22.3 Å². The summed E-state index contributed by atoms with van der Waals surface area (Å²) >= 11 is 8.14.